The minimum absolute atomic E-state index is 0.202. The third kappa shape index (κ3) is 4.70. The number of nitrogens with two attached hydrogens (primary N) is 1. The summed E-state index contributed by atoms with van der Waals surface area (Å²) in [6.07, 6.45) is 2.86. The lowest BCUT2D eigenvalue weighted by Crippen LogP contribution is -2.36. The van der Waals surface area contributed by atoms with Crippen molar-refractivity contribution < 1.29 is 4.79 Å². The SMILES string of the molecule is Cc1nc(N)ccc1CNC(=O)[C@@H]1CCc2cnc(NC(c3ccccc3)c3ccccc3)c(=O)n21. The lowest BCUT2D eigenvalue weighted by atomic mass is 9.99. The first kappa shape index (κ1) is 23.3. The maximum absolute atomic E-state index is 13.6. The second-order valence-electron chi connectivity index (χ2n) is 8.92. The Hall–Kier alpha value is -4.46. The van der Waals surface area contributed by atoms with Crippen molar-refractivity contribution in [3.8, 4) is 0 Å². The van der Waals surface area contributed by atoms with Crippen LogP contribution in [0.25, 0.3) is 0 Å². The first-order chi connectivity index (χ1) is 17.5. The van der Waals surface area contributed by atoms with Gasteiger partial charge in [-0.15, -0.1) is 0 Å². The molecule has 1 atom stereocenters. The van der Waals surface area contributed by atoms with Crippen LogP contribution in [0.5, 0.6) is 0 Å². The first-order valence-corrected chi connectivity index (χ1v) is 12.0. The molecule has 3 heterocycles. The van der Waals surface area contributed by atoms with Crippen LogP contribution in [-0.2, 0) is 17.8 Å². The van der Waals surface area contributed by atoms with E-state index in [4.69, 9.17) is 5.73 Å². The van der Waals surface area contributed by atoms with Crippen molar-refractivity contribution >= 4 is 17.5 Å². The van der Waals surface area contributed by atoms with E-state index in [1.165, 1.54) is 0 Å². The molecule has 0 fully saturated rings. The molecular weight excluding hydrogens is 452 g/mol. The molecule has 8 heteroatoms. The quantitative estimate of drug-likeness (QED) is 0.373. The molecule has 0 unspecified atom stereocenters. The van der Waals surface area contributed by atoms with Gasteiger partial charge in [0.15, 0.2) is 5.82 Å². The van der Waals surface area contributed by atoms with Gasteiger partial charge in [-0.2, -0.15) is 0 Å². The fraction of sp³-hybridized carbons (Fsp3) is 0.214. The van der Waals surface area contributed by atoms with Crippen LogP contribution in [0.3, 0.4) is 0 Å². The van der Waals surface area contributed by atoms with Gasteiger partial charge in [0, 0.05) is 24.1 Å². The van der Waals surface area contributed by atoms with Gasteiger partial charge in [-0.25, -0.2) is 9.97 Å². The molecule has 5 rings (SSSR count). The van der Waals surface area contributed by atoms with E-state index in [-0.39, 0.29) is 23.3 Å². The van der Waals surface area contributed by atoms with Crippen molar-refractivity contribution in [1.82, 2.24) is 19.9 Å². The molecule has 0 saturated carbocycles. The van der Waals surface area contributed by atoms with E-state index in [1.807, 2.05) is 73.7 Å². The van der Waals surface area contributed by atoms with Crippen molar-refractivity contribution in [3.63, 3.8) is 0 Å². The number of carbonyl (C=O) groups is 1. The molecular formula is C28H28N6O2. The number of fused-ring (bicyclic) bond motifs is 1. The first-order valence-electron chi connectivity index (χ1n) is 12.0. The van der Waals surface area contributed by atoms with E-state index in [1.54, 1.807) is 16.8 Å². The average Bonchev–Trinajstić information content (AvgIpc) is 3.34. The fourth-order valence-corrected chi connectivity index (χ4v) is 4.67. The van der Waals surface area contributed by atoms with Crippen LogP contribution in [0.1, 0.15) is 46.6 Å². The van der Waals surface area contributed by atoms with Gasteiger partial charge in [0.25, 0.3) is 5.56 Å². The van der Waals surface area contributed by atoms with Crippen LogP contribution in [0.4, 0.5) is 11.6 Å². The number of carbonyl (C=O) groups excluding carboxylic acids is 1. The number of hydrogen-bond donors (Lipinski definition) is 3. The Bertz CT molecular complexity index is 1400. The van der Waals surface area contributed by atoms with Crippen LogP contribution < -0.4 is 21.9 Å². The molecule has 182 valence electrons. The third-order valence-corrected chi connectivity index (χ3v) is 6.58. The molecule has 36 heavy (non-hydrogen) atoms. The smallest absolute Gasteiger partial charge is 0.294 e. The predicted molar refractivity (Wildman–Crippen MR) is 139 cm³/mol. The summed E-state index contributed by atoms with van der Waals surface area (Å²) in [6, 6.07) is 22.5. The number of pyridine rings is 1. The largest absolute Gasteiger partial charge is 0.384 e. The number of nitrogens with one attached hydrogen (secondary N) is 2. The molecule has 8 nitrogen and oxygen atoms in total. The van der Waals surface area contributed by atoms with Crippen molar-refractivity contribution in [2.75, 3.05) is 11.1 Å². The monoisotopic (exact) mass is 480 g/mol. The Morgan fingerprint density at radius 2 is 1.72 bits per heavy atom. The minimum Gasteiger partial charge on any atom is -0.384 e. The molecule has 0 spiro atoms. The van der Waals surface area contributed by atoms with Gasteiger partial charge in [-0.3, -0.25) is 14.2 Å². The average molecular weight is 481 g/mol. The van der Waals surface area contributed by atoms with Gasteiger partial charge in [0.2, 0.25) is 5.91 Å². The summed E-state index contributed by atoms with van der Waals surface area (Å²) in [7, 11) is 0. The second kappa shape index (κ2) is 10.0. The normalized spacial score (nSPS) is 14.4. The number of aryl methyl sites for hydroxylation is 2. The van der Waals surface area contributed by atoms with Gasteiger partial charge >= 0.3 is 0 Å². The van der Waals surface area contributed by atoms with E-state index in [2.05, 4.69) is 20.6 Å². The Morgan fingerprint density at radius 1 is 1.06 bits per heavy atom. The Kier molecular flexibility index (Phi) is 6.49. The summed E-state index contributed by atoms with van der Waals surface area (Å²) in [4.78, 5) is 35.4. The third-order valence-electron chi connectivity index (χ3n) is 6.58. The van der Waals surface area contributed by atoms with Crippen LogP contribution in [-0.4, -0.2) is 20.4 Å². The van der Waals surface area contributed by atoms with Crippen LogP contribution in [0.2, 0.25) is 0 Å². The zero-order valence-electron chi connectivity index (χ0n) is 20.0. The summed E-state index contributed by atoms with van der Waals surface area (Å²) in [5.74, 6) is 0.456. The Balaban J connectivity index is 1.40. The summed E-state index contributed by atoms with van der Waals surface area (Å²) in [5, 5.41) is 6.30. The highest BCUT2D eigenvalue weighted by molar-refractivity contribution is 5.81. The molecule has 4 N–H and O–H groups in total. The van der Waals surface area contributed by atoms with Crippen molar-refractivity contribution in [2.45, 2.75) is 38.4 Å². The molecule has 1 aliphatic rings. The zero-order valence-corrected chi connectivity index (χ0v) is 20.0. The number of nitrogens with zero attached hydrogens (tertiary/aromatic N) is 3. The molecule has 0 saturated heterocycles. The maximum Gasteiger partial charge on any atom is 0.294 e. The number of nitrogen functional groups attached to an aromatic ring is 1. The van der Waals surface area contributed by atoms with Crippen LogP contribution in [0.15, 0.2) is 83.8 Å². The van der Waals surface area contributed by atoms with E-state index in [9.17, 15) is 9.59 Å². The molecule has 1 aliphatic heterocycles. The van der Waals surface area contributed by atoms with Gasteiger partial charge < -0.3 is 16.4 Å². The topological polar surface area (TPSA) is 115 Å². The number of benzene rings is 2. The van der Waals surface area contributed by atoms with Crippen molar-refractivity contribution in [1.29, 1.82) is 0 Å². The van der Waals surface area contributed by atoms with E-state index < -0.39 is 6.04 Å². The number of rotatable bonds is 7. The molecule has 0 bridgehead atoms. The molecule has 0 aliphatic carbocycles. The summed E-state index contributed by atoms with van der Waals surface area (Å²) in [5.41, 5.74) is 9.86. The minimum atomic E-state index is -0.593. The van der Waals surface area contributed by atoms with Gasteiger partial charge in [-0.1, -0.05) is 66.7 Å². The predicted octanol–water partition coefficient (Wildman–Crippen LogP) is 3.53. The number of hydrogen-bond acceptors (Lipinski definition) is 6. The van der Waals surface area contributed by atoms with Gasteiger partial charge in [0.1, 0.15) is 11.9 Å². The number of amides is 1. The standard InChI is InChI=1S/C28H28N6O2/c1-18-21(12-15-24(29)32-18)16-31-27(35)23-14-13-22-17-30-26(28(36)34(22)23)33-25(19-8-4-2-5-9-19)20-10-6-3-7-11-20/h2-12,15,17,23,25H,13-14,16H2,1H3,(H2,29,32)(H,30,33)(H,31,35)/t23-/m0/s1. The Labute approximate surface area is 209 Å². The molecule has 2 aromatic heterocycles. The molecule has 2 aromatic carbocycles. The molecule has 0 radical (unpaired) electrons. The zero-order chi connectivity index (χ0) is 25.1. The van der Waals surface area contributed by atoms with Crippen molar-refractivity contribution in [2.24, 2.45) is 0 Å². The van der Waals surface area contributed by atoms with Gasteiger partial charge in [0.05, 0.1) is 6.04 Å². The second-order valence-corrected chi connectivity index (χ2v) is 8.92. The van der Waals surface area contributed by atoms with Crippen molar-refractivity contribution in [3.05, 3.63) is 117 Å². The number of anilines is 2. The van der Waals surface area contributed by atoms with E-state index in [0.717, 1.165) is 28.1 Å². The Morgan fingerprint density at radius 3 is 2.36 bits per heavy atom. The van der Waals surface area contributed by atoms with Gasteiger partial charge in [-0.05, 0) is 42.5 Å². The van der Waals surface area contributed by atoms with Crippen LogP contribution in [0, 0.1) is 6.92 Å². The van der Waals surface area contributed by atoms with E-state index in [0.29, 0.717) is 25.2 Å². The summed E-state index contributed by atoms with van der Waals surface area (Å²) < 4.78 is 1.58. The highest BCUT2D eigenvalue weighted by Crippen LogP contribution is 2.27. The highest BCUT2D eigenvalue weighted by Gasteiger charge is 2.31. The highest BCUT2D eigenvalue weighted by atomic mass is 16.2. The summed E-state index contributed by atoms with van der Waals surface area (Å²) >= 11 is 0. The van der Waals surface area contributed by atoms with Crippen LogP contribution >= 0.6 is 0 Å². The summed E-state index contributed by atoms with van der Waals surface area (Å²) in [6.45, 7) is 2.17. The fourth-order valence-electron chi connectivity index (χ4n) is 4.67. The molecule has 4 aromatic rings. The molecule has 1 amide bonds. The lowest BCUT2D eigenvalue weighted by molar-refractivity contribution is -0.124. The lowest BCUT2D eigenvalue weighted by Gasteiger charge is -2.21. The van der Waals surface area contributed by atoms with E-state index >= 15 is 0 Å². The maximum atomic E-state index is 13.6. The number of aromatic nitrogens is 3.